The van der Waals surface area contributed by atoms with Gasteiger partial charge >= 0.3 is 0 Å². The predicted molar refractivity (Wildman–Crippen MR) is 108 cm³/mol. The van der Waals surface area contributed by atoms with Crippen molar-refractivity contribution in [2.24, 2.45) is 0 Å². The van der Waals surface area contributed by atoms with Gasteiger partial charge in [-0.15, -0.1) is 0 Å². The van der Waals surface area contributed by atoms with Crippen molar-refractivity contribution in [3.8, 4) is 22.6 Å². The van der Waals surface area contributed by atoms with E-state index in [9.17, 15) is 5.11 Å². The van der Waals surface area contributed by atoms with E-state index in [0.717, 1.165) is 29.7 Å². The molecule has 126 valence electrons. The second-order valence-electron chi connectivity index (χ2n) is 6.72. The Labute approximate surface area is 152 Å². The first-order valence-electron chi connectivity index (χ1n) is 9.00. The molecule has 0 saturated heterocycles. The van der Waals surface area contributed by atoms with E-state index in [1.807, 2.05) is 36.4 Å². The lowest BCUT2D eigenvalue weighted by atomic mass is 10.0. The SMILES string of the molecule is Oc1ccc(-n2c3c(c4ccccc42)C=CCC3)cc1-c1ccccc1. The number of hydrogen-bond acceptors (Lipinski definition) is 1. The summed E-state index contributed by atoms with van der Waals surface area (Å²) in [7, 11) is 0. The molecule has 0 saturated carbocycles. The molecule has 0 aliphatic heterocycles. The van der Waals surface area contributed by atoms with E-state index in [1.54, 1.807) is 6.07 Å². The summed E-state index contributed by atoms with van der Waals surface area (Å²) in [5.41, 5.74) is 6.86. The zero-order valence-corrected chi connectivity index (χ0v) is 14.4. The zero-order valence-electron chi connectivity index (χ0n) is 14.4. The van der Waals surface area contributed by atoms with Gasteiger partial charge in [-0.1, -0.05) is 60.7 Å². The lowest BCUT2D eigenvalue weighted by Gasteiger charge is -2.15. The molecular weight excluding hydrogens is 318 g/mol. The summed E-state index contributed by atoms with van der Waals surface area (Å²) in [5.74, 6) is 0.310. The van der Waals surface area contributed by atoms with Crippen molar-refractivity contribution in [2.45, 2.75) is 12.8 Å². The van der Waals surface area contributed by atoms with Crippen molar-refractivity contribution in [1.82, 2.24) is 4.57 Å². The number of hydrogen-bond donors (Lipinski definition) is 1. The average molecular weight is 337 g/mol. The summed E-state index contributed by atoms with van der Waals surface area (Å²) in [6, 6.07) is 24.5. The number of aromatic nitrogens is 1. The van der Waals surface area contributed by atoms with Crippen molar-refractivity contribution in [3.05, 3.63) is 90.1 Å². The predicted octanol–water partition coefficient (Wildman–Crippen LogP) is 5.96. The van der Waals surface area contributed by atoms with E-state index < -0.39 is 0 Å². The molecule has 0 radical (unpaired) electrons. The molecule has 3 aromatic carbocycles. The maximum Gasteiger partial charge on any atom is 0.123 e. The highest BCUT2D eigenvalue weighted by Gasteiger charge is 2.18. The Morgan fingerprint density at radius 3 is 2.54 bits per heavy atom. The Bertz CT molecular complexity index is 1140. The fraction of sp³-hybridized carbons (Fsp3) is 0.0833. The van der Waals surface area contributed by atoms with Crippen LogP contribution < -0.4 is 0 Å². The Morgan fingerprint density at radius 2 is 1.65 bits per heavy atom. The average Bonchev–Trinajstić information content (AvgIpc) is 3.04. The van der Waals surface area contributed by atoms with Crippen LogP contribution >= 0.6 is 0 Å². The summed E-state index contributed by atoms with van der Waals surface area (Å²) in [6.07, 6.45) is 6.59. The molecule has 1 heterocycles. The molecule has 0 bridgehead atoms. The molecule has 5 rings (SSSR count). The molecule has 2 nitrogen and oxygen atoms in total. The van der Waals surface area contributed by atoms with E-state index in [0.29, 0.717) is 5.75 Å². The minimum absolute atomic E-state index is 0.310. The second kappa shape index (κ2) is 5.92. The highest BCUT2D eigenvalue weighted by atomic mass is 16.3. The van der Waals surface area contributed by atoms with Gasteiger partial charge in [0.15, 0.2) is 0 Å². The van der Waals surface area contributed by atoms with Gasteiger partial charge in [-0.25, -0.2) is 0 Å². The second-order valence-corrected chi connectivity index (χ2v) is 6.72. The maximum absolute atomic E-state index is 10.4. The van der Waals surface area contributed by atoms with Crippen LogP contribution in [0.1, 0.15) is 17.7 Å². The smallest absolute Gasteiger partial charge is 0.123 e. The van der Waals surface area contributed by atoms with E-state index in [2.05, 4.69) is 47.1 Å². The summed E-state index contributed by atoms with van der Waals surface area (Å²) in [5, 5.41) is 11.7. The van der Waals surface area contributed by atoms with Crippen molar-refractivity contribution in [1.29, 1.82) is 0 Å². The van der Waals surface area contributed by atoms with Gasteiger partial charge in [-0.3, -0.25) is 0 Å². The van der Waals surface area contributed by atoms with Gasteiger partial charge in [-0.05, 0) is 42.7 Å². The summed E-state index contributed by atoms with van der Waals surface area (Å²) < 4.78 is 2.35. The van der Waals surface area contributed by atoms with Crippen LogP contribution in [0, 0.1) is 0 Å². The highest BCUT2D eigenvalue weighted by molar-refractivity contribution is 5.93. The van der Waals surface area contributed by atoms with Crippen LogP contribution in [0.5, 0.6) is 5.75 Å². The number of phenols is 1. The molecule has 0 amide bonds. The Hall–Kier alpha value is -3.26. The number of fused-ring (bicyclic) bond motifs is 3. The molecule has 2 heteroatoms. The summed E-state index contributed by atoms with van der Waals surface area (Å²) in [4.78, 5) is 0. The minimum Gasteiger partial charge on any atom is -0.507 e. The molecule has 4 aromatic rings. The van der Waals surface area contributed by atoms with Crippen LogP contribution in [0.3, 0.4) is 0 Å². The number of rotatable bonds is 2. The number of benzene rings is 3. The van der Waals surface area contributed by atoms with Gasteiger partial charge < -0.3 is 9.67 Å². The molecular formula is C24H19NO. The first-order valence-corrected chi connectivity index (χ1v) is 9.00. The van der Waals surface area contributed by atoms with Gasteiger partial charge in [0.2, 0.25) is 0 Å². The van der Waals surface area contributed by atoms with Crippen LogP contribution in [0.15, 0.2) is 78.9 Å². The lowest BCUT2D eigenvalue weighted by molar-refractivity contribution is 0.477. The van der Waals surface area contributed by atoms with Crippen molar-refractivity contribution < 1.29 is 5.11 Å². The van der Waals surface area contributed by atoms with Crippen LogP contribution in [0.25, 0.3) is 33.8 Å². The Balaban J connectivity index is 1.79. The Kier molecular flexibility index (Phi) is 3.42. The first-order chi connectivity index (χ1) is 12.8. The molecule has 1 N–H and O–H groups in total. The first kappa shape index (κ1) is 15.0. The van der Waals surface area contributed by atoms with E-state index in [-0.39, 0.29) is 0 Å². The molecule has 1 aliphatic rings. The number of aromatic hydroxyl groups is 1. The monoisotopic (exact) mass is 337 g/mol. The third kappa shape index (κ3) is 2.26. The van der Waals surface area contributed by atoms with Gasteiger partial charge in [0.05, 0.1) is 5.52 Å². The maximum atomic E-state index is 10.4. The molecule has 1 aliphatic carbocycles. The topological polar surface area (TPSA) is 25.2 Å². The number of para-hydroxylation sites is 1. The molecule has 26 heavy (non-hydrogen) atoms. The molecule has 0 fully saturated rings. The quantitative estimate of drug-likeness (QED) is 0.479. The van der Waals surface area contributed by atoms with Gasteiger partial charge in [-0.2, -0.15) is 0 Å². The number of allylic oxidation sites excluding steroid dienone is 1. The third-order valence-corrected chi connectivity index (χ3v) is 5.17. The van der Waals surface area contributed by atoms with Crippen molar-refractivity contribution in [3.63, 3.8) is 0 Å². The number of nitrogens with zero attached hydrogens (tertiary/aromatic N) is 1. The van der Waals surface area contributed by atoms with Gasteiger partial charge in [0.1, 0.15) is 5.75 Å². The lowest BCUT2D eigenvalue weighted by Crippen LogP contribution is -2.03. The van der Waals surface area contributed by atoms with Crippen LogP contribution in [0.2, 0.25) is 0 Å². The Morgan fingerprint density at radius 1 is 0.846 bits per heavy atom. The van der Waals surface area contributed by atoms with Crippen LogP contribution in [-0.2, 0) is 6.42 Å². The zero-order chi connectivity index (χ0) is 17.5. The van der Waals surface area contributed by atoms with E-state index in [4.69, 9.17) is 0 Å². The van der Waals surface area contributed by atoms with Gasteiger partial charge in [0, 0.05) is 27.9 Å². The molecule has 1 aromatic heterocycles. The van der Waals surface area contributed by atoms with E-state index in [1.165, 1.54) is 22.2 Å². The number of phenolic OH excluding ortho intramolecular Hbond substituents is 1. The minimum atomic E-state index is 0.310. The third-order valence-electron chi connectivity index (χ3n) is 5.17. The fourth-order valence-corrected chi connectivity index (χ4v) is 3.98. The van der Waals surface area contributed by atoms with Crippen molar-refractivity contribution >= 4 is 17.0 Å². The molecule has 0 unspecified atom stereocenters. The largest absolute Gasteiger partial charge is 0.507 e. The van der Waals surface area contributed by atoms with Crippen LogP contribution in [-0.4, -0.2) is 9.67 Å². The summed E-state index contributed by atoms with van der Waals surface area (Å²) in [6.45, 7) is 0. The summed E-state index contributed by atoms with van der Waals surface area (Å²) >= 11 is 0. The van der Waals surface area contributed by atoms with Gasteiger partial charge in [0.25, 0.3) is 0 Å². The van der Waals surface area contributed by atoms with Crippen LogP contribution in [0.4, 0.5) is 0 Å². The fourth-order valence-electron chi connectivity index (χ4n) is 3.98. The standard InChI is InChI=1S/C24H19NO/c26-24-15-14-18(16-21(24)17-8-2-1-3-9-17)25-22-12-6-4-10-19(22)20-11-5-7-13-23(20)25/h1-6,8-12,14-16,26H,7,13H2. The molecule has 0 spiro atoms. The highest BCUT2D eigenvalue weighted by Crippen LogP contribution is 2.36. The van der Waals surface area contributed by atoms with Crippen molar-refractivity contribution in [2.75, 3.05) is 0 Å². The molecule has 0 atom stereocenters. The normalized spacial score (nSPS) is 13.1. The van der Waals surface area contributed by atoms with E-state index >= 15 is 0 Å².